The number of anilines is 1. The van der Waals surface area contributed by atoms with Gasteiger partial charge in [0.05, 0.1) is 0 Å². The van der Waals surface area contributed by atoms with Crippen molar-refractivity contribution in [2.75, 3.05) is 18.5 Å². The molecule has 84 valence electrons. The minimum Gasteiger partial charge on any atom is -0.396 e. The molecule has 0 atom stereocenters. The first kappa shape index (κ1) is 11.9. The number of aliphatic hydroxyl groups excluding tert-OH is 1. The van der Waals surface area contributed by atoms with Gasteiger partial charge in [-0.05, 0) is 12.1 Å². The molecule has 0 spiro atoms. The fourth-order valence-corrected chi connectivity index (χ4v) is 1.05. The van der Waals surface area contributed by atoms with Crippen LogP contribution in [0, 0.1) is 17.0 Å². The average Bonchev–Trinajstić information content (AvgIpc) is 2.17. The number of hydrogen-bond acceptors (Lipinski definition) is 2. The van der Waals surface area contributed by atoms with Gasteiger partial charge in [-0.15, -0.1) is 0 Å². The second-order valence-corrected chi connectivity index (χ2v) is 4.27. The van der Waals surface area contributed by atoms with Crippen molar-refractivity contribution >= 4 is 5.69 Å². The van der Waals surface area contributed by atoms with Crippen LogP contribution in [0.3, 0.4) is 0 Å². The molecule has 0 bridgehead atoms. The number of hydrogen-bond donors (Lipinski definition) is 2. The van der Waals surface area contributed by atoms with E-state index >= 15 is 0 Å². The Labute approximate surface area is 87.9 Å². The van der Waals surface area contributed by atoms with E-state index in [0.717, 1.165) is 0 Å². The zero-order chi connectivity index (χ0) is 11.5. The van der Waals surface area contributed by atoms with Gasteiger partial charge in [0.15, 0.2) is 0 Å². The Hall–Kier alpha value is -1.16. The minimum absolute atomic E-state index is 0.0456. The van der Waals surface area contributed by atoms with Crippen molar-refractivity contribution in [3.63, 3.8) is 0 Å². The maximum atomic E-state index is 13.2. The third kappa shape index (κ3) is 3.16. The normalized spacial score (nSPS) is 11.5. The Kier molecular flexibility index (Phi) is 3.63. The number of aliphatic hydroxyl groups is 1. The highest BCUT2D eigenvalue weighted by molar-refractivity contribution is 5.46. The molecule has 2 N–H and O–H groups in total. The maximum Gasteiger partial charge on any atom is 0.149 e. The first-order valence-electron chi connectivity index (χ1n) is 4.75. The predicted molar refractivity (Wildman–Crippen MR) is 55.7 cm³/mol. The van der Waals surface area contributed by atoms with E-state index in [1.54, 1.807) is 13.8 Å². The molecule has 1 aromatic carbocycles. The van der Waals surface area contributed by atoms with Crippen LogP contribution in [-0.2, 0) is 0 Å². The first-order valence-corrected chi connectivity index (χ1v) is 4.75. The third-order valence-electron chi connectivity index (χ3n) is 2.13. The Morgan fingerprint density at radius 1 is 1.27 bits per heavy atom. The lowest BCUT2D eigenvalue weighted by Crippen LogP contribution is -2.27. The highest BCUT2D eigenvalue weighted by Gasteiger charge is 2.17. The Morgan fingerprint density at radius 3 is 2.27 bits per heavy atom. The summed E-state index contributed by atoms with van der Waals surface area (Å²) in [6, 6.07) is 3.70. The van der Waals surface area contributed by atoms with E-state index in [-0.39, 0.29) is 12.3 Å². The molecule has 0 aliphatic rings. The van der Waals surface area contributed by atoms with Crippen LogP contribution in [-0.4, -0.2) is 18.3 Å². The molecule has 15 heavy (non-hydrogen) atoms. The van der Waals surface area contributed by atoms with Gasteiger partial charge in [-0.3, -0.25) is 0 Å². The molecule has 0 unspecified atom stereocenters. The molecule has 0 radical (unpaired) electrons. The first-order chi connectivity index (χ1) is 6.96. The molecule has 0 saturated heterocycles. The van der Waals surface area contributed by atoms with Gasteiger partial charge in [0.25, 0.3) is 0 Å². The molecule has 2 nitrogen and oxygen atoms in total. The van der Waals surface area contributed by atoms with Gasteiger partial charge in [0.1, 0.15) is 17.3 Å². The number of nitrogens with one attached hydrogen (secondary N) is 1. The second-order valence-electron chi connectivity index (χ2n) is 4.27. The molecule has 0 amide bonds. The van der Waals surface area contributed by atoms with Gasteiger partial charge in [-0.25, -0.2) is 8.78 Å². The summed E-state index contributed by atoms with van der Waals surface area (Å²) in [4.78, 5) is 0. The molecular formula is C11H15F2NO. The summed E-state index contributed by atoms with van der Waals surface area (Å²) in [6.07, 6.45) is 0. The van der Waals surface area contributed by atoms with E-state index in [0.29, 0.717) is 6.54 Å². The quantitative estimate of drug-likeness (QED) is 0.808. The van der Waals surface area contributed by atoms with E-state index in [9.17, 15) is 8.78 Å². The third-order valence-corrected chi connectivity index (χ3v) is 2.13. The number of para-hydroxylation sites is 1. The summed E-state index contributed by atoms with van der Waals surface area (Å²) in [7, 11) is 0. The largest absolute Gasteiger partial charge is 0.396 e. The van der Waals surface area contributed by atoms with E-state index in [1.165, 1.54) is 18.2 Å². The van der Waals surface area contributed by atoms with Gasteiger partial charge in [-0.1, -0.05) is 19.9 Å². The minimum atomic E-state index is -0.622. The smallest absolute Gasteiger partial charge is 0.149 e. The molecule has 0 aromatic heterocycles. The molecule has 0 aliphatic heterocycles. The van der Waals surface area contributed by atoms with E-state index in [2.05, 4.69) is 5.32 Å². The molecular weight excluding hydrogens is 200 g/mol. The summed E-state index contributed by atoms with van der Waals surface area (Å²) in [5.41, 5.74) is -0.548. The Balaban J connectivity index is 2.73. The zero-order valence-corrected chi connectivity index (χ0v) is 8.85. The van der Waals surface area contributed by atoms with E-state index in [4.69, 9.17) is 5.11 Å². The van der Waals surface area contributed by atoms with Gasteiger partial charge in [0.2, 0.25) is 0 Å². The van der Waals surface area contributed by atoms with Gasteiger partial charge < -0.3 is 10.4 Å². The standard InChI is InChI=1S/C11H15F2NO/c1-11(2,7-15)6-14-10-8(12)4-3-5-9(10)13/h3-5,14-15H,6-7H2,1-2H3. The molecule has 0 aliphatic carbocycles. The molecule has 0 saturated carbocycles. The van der Waals surface area contributed by atoms with Crippen molar-refractivity contribution in [1.82, 2.24) is 0 Å². The topological polar surface area (TPSA) is 32.3 Å². The van der Waals surface area contributed by atoms with Crippen molar-refractivity contribution in [1.29, 1.82) is 0 Å². The maximum absolute atomic E-state index is 13.2. The van der Waals surface area contributed by atoms with Crippen LogP contribution >= 0.6 is 0 Å². The summed E-state index contributed by atoms with van der Waals surface area (Å²) in [6.45, 7) is 3.87. The lowest BCUT2D eigenvalue weighted by atomic mass is 9.95. The van der Waals surface area contributed by atoms with Crippen LogP contribution in [0.1, 0.15) is 13.8 Å². The van der Waals surface area contributed by atoms with E-state index < -0.39 is 17.0 Å². The number of rotatable bonds is 4. The Morgan fingerprint density at radius 2 is 1.80 bits per heavy atom. The highest BCUT2D eigenvalue weighted by Crippen LogP contribution is 2.21. The van der Waals surface area contributed by atoms with Crippen LogP contribution < -0.4 is 5.32 Å². The van der Waals surface area contributed by atoms with Crippen molar-refractivity contribution in [3.8, 4) is 0 Å². The van der Waals surface area contributed by atoms with Crippen LogP contribution in [0.2, 0.25) is 0 Å². The van der Waals surface area contributed by atoms with Crippen molar-refractivity contribution in [2.45, 2.75) is 13.8 Å². The fraction of sp³-hybridized carbons (Fsp3) is 0.455. The molecule has 0 fully saturated rings. The van der Waals surface area contributed by atoms with Crippen LogP contribution in [0.15, 0.2) is 18.2 Å². The monoisotopic (exact) mass is 215 g/mol. The van der Waals surface area contributed by atoms with E-state index in [1.807, 2.05) is 0 Å². The average molecular weight is 215 g/mol. The summed E-state index contributed by atoms with van der Waals surface area (Å²) >= 11 is 0. The zero-order valence-electron chi connectivity index (χ0n) is 8.85. The SMILES string of the molecule is CC(C)(CO)CNc1c(F)cccc1F. The van der Waals surface area contributed by atoms with Crippen molar-refractivity contribution in [3.05, 3.63) is 29.8 Å². The number of halogens is 2. The lowest BCUT2D eigenvalue weighted by molar-refractivity contribution is 0.170. The lowest BCUT2D eigenvalue weighted by Gasteiger charge is -2.22. The molecule has 1 aromatic rings. The summed E-state index contributed by atoms with van der Waals surface area (Å²) < 4.78 is 26.3. The van der Waals surface area contributed by atoms with Gasteiger partial charge in [0, 0.05) is 18.6 Å². The summed E-state index contributed by atoms with van der Waals surface area (Å²) in [5, 5.41) is 11.6. The van der Waals surface area contributed by atoms with Crippen molar-refractivity contribution < 1.29 is 13.9 Å². The van der Waals surface area contributed by atoms with Crippen molar-refractivity contribution in [2.24, 2.45) is 5.41 Å². The van der Waals surface area contributed by atoms with Crippen LogP contribution in [0.4, 0.5) is 14.5 Å². The Bertz CT molecular complexity index is 319. The number of benzene rings is 1. The predicted octanol–water partition coefficient (Wildman–Crippen LogP) is 2.40. The van der Waals surface area contributed by atoms with Gasteiger partial charge >= 0.3 is 0 Å². The molecule has 4 heteroatoms. The second kappa shape index (κ2) is 4.57. The molecule has 1 rings (SSSR count). The van der Waals surface area contributed by atoms with Gasteiger partial charge in [-0.2, -0.15) is 0 Å². The van der Waals surface area contributed by atoms with Crippen LogP contribution in [0.5, 0.6) is 0 Å². The fourth-order valence-electron chi connectivity index (χ4n) is 1.05. The highest BCUT2D eigenvalue weighted by atomic mass is 19.1. The summed E-state index contributed by atoms with van der Waals surface area (Å²) in [5.74, 6) is -1.24. The van der Waals surface area contributed by atoms with Crippen LogP contribution in [0.25, 0.3) is 0 Å². The molecule has 0 heterocycles.